The van der Waals surface area contributed by atoms with Gasteiger partial charge in [0.2, 0.25) is 5.91 Å². The number of unbranched alkanes of at least 4 members (excludes halogenated alkanes) is 5. The molecule has 1 rings (SSSR count). The normalized spacial score (nSPS) is 13.3. The molecule has 5 nitrogen and oxygen atoms in total. The Kier molecular flexibility index (Phi) is 6.85. The van der Waals surface area contributed by atoms with Crippen LogP contribution in [0.15, 0.2) is 12.3 Å². The van der Waals surface area contributed by atoms with Gasteiger partial charge in [-0.3, -0.25) is 19.3 Å². The van der Waals surface area contributed by atoms with E-state index in [4.69, 9.17) is 0 Å². The Balaban J connectivity index is 1.89. The van der Waals surface area contributed by atoms with E-state index in [1.54, 1.807) is 0 Å². The highest BCUT2D eigenvalue weighted by Crippen LogP contribution is 2.12. The number of ether oxygens (including phenoxy) is 1. The number of carbonyl (C=O) groups excluding carboxylic acids is 3. The van der Waals surface area contributed by atoms with E-state index in [-0.39, 0.29) is 17.8 Å². The lowest BCUT2D eigenvalue weighted by Crippen LogP contribution is -2.36. The van der Waals surface area contributed by atoms with Gasteiger partial charge >= 0.3 is 5.97 Å². The average Bonchev–Trinajstić information content (AvgIpc) is 2.39. The molecule has 1 heterocycles. The van der Waals surface area contributed by atoms with E-state index in [1.807, 2.05) is 0 Å². The van der Waals surface area contributed by atoms with E-state index in [0.29, 0.717) is 12.8 Å². The molecule has 0 bridgehead atoms. The fraction of sp³-hybridized carbons (Fsp3) is 0.643. The minimum atomic E-state index is -0.215. The number of amides is 2. The van der Waals surface area contributed by atoms with E-state index in [2.05, 4.69) is 4.74 Å². The summed E-state index contributed by atoms with van der Waals surface area (Å²) in [5.41, 5.74) is 0. The first-order valence-electron chi connectivity index (χ1n) is 6.76. The lowest BCUT2D eigenvalue weighted by Gasteiger charge is -2.20. The second-order valence-electron chi connectivity index (χ2n) is 4.62. The molecule has 5 heteroatoms. The van der Waals surface area contributed by atoms with Crippen LogP contribution in [0, 0.1) is 0 Å². The minimum absolute atomic E-state index is 0.113. The van der Waals surface area contributed by atoms with E-state index in [0.717, 1.165) is 43.4 Å². The van der Waals surface area contributed by atoms with Gasteiger partial charge in [0.05, 0.1) is 7.11 Å². The Hall–Kier alpha value is -1.65. The van der Waals surface area contributed by atoms with Gasteiger partial charge in [-0.05, 0) is 12.8 Å². The second-order valence-corrected chi connectivity index (χ2v) is 4.62. The first kappa shape index (κ1) is 15.4. The summed E-state index contributed by atoms with van der Waals surface area (Å²) < 4.78 is 4.55. The molecule has 0 unspecified atom stereocenters. The Morgan fingerprint density at radius 2 is 1.63 bits per heavy atom. The van der Waals surface area contributed by atoms with Crippen LogP contribution >= 0.6 is 0 Å². The van der Waals surface area contributed by atoms with Crippen molar-refractivity contribution in [2.75, 3.05) is 7.11 Å². The zero-order valence-electron chi connectivity index (χ0n) is 11.4. The SMILES string of the molecule is COC(=O)CCCCCCCCC(=O)N1C=CC1=O. The molecule has 0 aromatic rings. The molecular formula is C14H21NO4. The van der Waals surface area contributed by atoms with Crippen LogP contribution in [0.4, 0.5) is 0 Å². The van der Waals surface area contributed by atoms with Crippen molar-refractivity contribution in [2.45, 2.75) is 51.4 Å². The summed E-state index contributed by atoms with van der Waals surface area (Å²) in [7, 11) is 1.40. The molecule has 19 heavy (non-hydrogen) atoms. The molecule has 106 valence electrons. The van der Waals surface area contributed by atoms with Gasteiger partial charge in [0.15, 0.2) is 0 Å². The van der Waals surface area contributed by atoms with Crippen molar-refractivity contribution in [3.05, 3.63) is 12.3 Å². The third kappa shape index (κ3) is 5.68. The quantitative estimate of drug-likeness (QED) is 0.474. The van der Waals surface area contributed by atoms with Crippen LogP contribution in [0.25, 0.3) is 0 Å². The molecule has 0 aliphatic carbocycles. The number of methoxy groups -OCH3 is 1. The van der Waals surface area contributed by atoms with Crippen molar-refractivity contribution >= 4 is 17.8 Å². The highest BCUT2D eigenvalue weighted by atomic mass is 16.5. The lowest BCUT2D eigenvalue weighted by atomic mass is 10.1. The molecule has 0 aromatic heterocycles. The molecular weight excluding hydrogens is 246 g/mol. The maximum absolute atomic E-state index is 11.5. The largest absolute Gasteiger partial charge is 0.469 e. The van der Waals surface area contributed by atoms with Crippen LogP contribution in [-0.4, -0.2) is 29.8 Å². The molecule has 0 N–H and O–H groups in total. The standard InChI is InChI=1S/C14H21NO4/c1-19-14(18)9-7-5-3-2-4-6-8-12(16)15-11-10-13(15)17/h10-11H,2-9H2,1H3. The predicted molar refractivity (Wildman–Crippen MR) is 69.9 cm³/mol. The van der Waals surface area contributed by atoms with Crippen LogP contribution < -0.4 is 0 Å². The molecule has 2 amide bonds. The van der Waals surface area contributed by atoms with Gasteiger partial charge in [-0.25, -0.2) is 0 Å². The number of imide groups is 1. The van der Waals surface area contributed by atoms with E-state index in [1.165, 1.54) is 19.4 Å². The van der Waals surface area contributed by atoms with Gasteiger partial charge in [-0.2, -0.15) is 0 Å². The summed E-state index contributed by atoms with van der Waals surface area (Å²) in [6.07, 6.45) is 9.59. The Morgan fingerprint density at radius 1 is 1.05 bits per heavy atom. The smallest absolute Gasteiger partial charge is 0.305 e. The van der Waals surface area contributed by atoms with Gasteiger partial charge in [0, 0.05) is 25.1 Å². The van der Waals surface area contributed by atoms with Gasteiger partial charge in [0.1, 0.15) is 0 Å². The van der Waals surface area contributed by atoms with Gasteiger partial charge < -0.3 is 4.74 Å². The topological polar surface area (TPSA) is 63.7 Å². The molecule has 0 radical (unpaired) electrons. The third-order valence-electron chi connectivity index (χ3n) is 3.12. The van der Waals surface area contributed by atoms with Crippen LogP contribution in [0.2, 0.25) is 0 Å². The Bertz CT molecular complexity index is 362. The Labute approximate surface area is 113 Å². The predicted octanol–water partition coefficient (Wildman–Crippen LogP) is 2.16. The number of hydrogen-bond donors (Lipinski definition) is 0. The monoisotopic (exact) mass is 267 g/mol. The van der Waals surface area contributed by atoms with Crippen molar-refractivity contribution in [3.8, 4) is 0 Å². The average molecular weight is 267 g/mol. The van der Waals surface area contributed by atoms with Gasteiger partial charge in [0.25, 0.3) is 5.91 Å². The molecule has 0 saturated carbocycles. The van der Waals surface area contributed by atoms with E-state index < -0.39 is 0 Å². The molecule has 0 aromatic carbocycles. The highest BCUT2D eigenvalue weighted by molar-refractivity contribution is 6.06. The van der Waals surface area contributed by atoms with Crippen molar-refractivity contribution in [1.29, 1.82) is 0 Å². The number of rotatable bonds is 9. The van der Waals surface area contributed by atoms with Crippen LogP contribution in [0.1, 0.15) is 51.4 Å². The van der Waals surface area contributed by atoms with Crippen molar-refractivity contribution in [3.63, 3.8) is 0 Å². The molecule has 0 saturated heterocycles. The molecule has 0 spiro atoms. The number of carbonyl (C=O) groups is 3. The minimum Gasteiger partial charge on any atom is -0.469 e. The molecule has 0 atom stereocenters. The van der Waals surface area contributed by atoms with Crippen molar-refractivity contribution < 1.29 is 19.1 Å². The first-order chi connectivity index (χ1) is 9.15. The first-order valence-corrected chi connectivity index (χ1v) is 6.76. The highest BCUT2D eigenvalue weighted by Gasteiger charge is 2.22. The third-order valence-corrected chi connectivity index (χ3v) is 3.12. The Morgan fingerprint density at radius 3 is 2.11 bits per heavy atom. The van der Waals surface area contributed by atoms with E-state index in [9.17, 15) is 14.4 Å². The van der Waals surface area contributed by atoms with Crippen LogP contribution in [-0.2, 0) is 19.1 Å². The molecule has 0 fully saturated rings. The molecule has 1 aliphatic rings. The van der Waals surface area contributed by atoms with Crippen molar-refractivity contribution in [1.82, 2.24) is 4.90 Å². The fourth-order valence-electron chi connectivity index (χ4n) is 1.89. The maximum Gasteiger partial charge on any atom is 0.305 e. The van der Waals surface area contributed by atoms with Gasteiger partial charge in [-0.15, -0.1) is 0 Å². The molecule has 1 aliphatic heterocycles. The number of nitrogens with zero attached hydrogens (tertiary/aromatic N) is 1. The zero-order valence-corrected chi connectivity index (χ0v) is 11.4. The van der Waals surface area contributed by atoms with Crippen LogP contribution in [0.5, 0.6) is 0 Å². The number of esters is 1. The second kappa shape index (κ2) is 8.45. The summed E-state index contributed by atoms with van der Waals surface area (Å²) in [5, 5.41) is 0. The van der Waals surface area contributed by atoms with E-state index >= 15 is 0 Å². The fourth-order valence-corrected chi connectivity index (χ4v) is 1.89. The summed E-state index contributed by atoms with van der Waals surface area (Å²) in [4.78, 5) is 34.4. The maximum atomic E-state index is 11.5. The van der Waals surface area contributed by atoms with Gasteiger partial charge in [-0.1, -0.05) is 25.7 Å². The number of hydrogen-bond acceptors (Lipinski definition) is 4. The summed E-state index contributed by atoms with van der Waals surface area (Å²) >= 11 is 0. The van der Waals surface area contributed by atoms with Crippen molar-refractivity contribution in [2.24, 2.45) is 0 Å². The summed E-state index contributed by atoms with van der Waals surface area (Å²) in [6.45, 7) is 0. The van der Waals surface area contributed by atoms with Crippen LogP contribution in [0.3, 0.4) is 0 Å². The zero-order chi connectivity index (χ0) is 14.1. The summed E-state index contributed by atoms with van der Waals surface area (Å²) in [6, 6.07) is 0. The lowest BCUT2D eigenvalue weighted by molar-refractivity contribution is -0.142. The summed E-state index contributed by atoms with van der Waals surface area (Å²) in [5.74, 6) is -0.483.